The van der Waals surface area contributed by atoms with E-state index >= 15 is 0 Å². The summed E-state index contributed by atoms with van der Waals surface area (Å²) in [6.07, 6.45) is 2.67. The molecule has 1 saturated carbocycles. The van der Waals surface area contributed by atoms with Crippen LogP contribution in [0.4, 0.5) is 10.5 Å². The number of aryl methyl sites for hydroxylation is 1. The third kappa shape index (κ3) is 3.15. The van der Waals surface area contributed by atoms with Gasteiger partial charge in [0.05, 0.1) is 0 Å². The second-order valence-corrected chi connectivity index (χ2v) is 6.50. The van der Waals surface area contributed by atoms with Crippen molar-refractivity contribution in [2.24, 2.45) is 0 Å². The molecule has 2 amide bonds. The summed E-state index contributed by atoms with van der Waals surface area (Å²) in [5.41, 5.74) is 2.01. The van der Waals surface area contributed by atoms with Gasteiger partial charge in [0.2, 0.25) is 0 Å². The zero-order valence-corrected chi connectivity index (χ0v) is 13.3. The Hall–Kier alpha value is -1.07. The second-order valence-electron chi connectivity index (χ2n) is 5.65. The fraction of sp³-hybridized carbons (Fsp3) is 0.533. The van der Waals surface area contributed by atoms with Crippen LogP contribution in [0.2, 0.25) is 0 Å². The van der Waals surface area contributed by atoms with Crippen molar-refractivity contribution in [1.82, 2.24) is 9.80 Å². The van der Waals surface area contributed by atoms with E-state index in [9.17, 15) is 4.79 Å². The summed E-state index contributed by atoms with van der Waals surface area (Å²) in [4.78, 5) is 16.7. The summed E-state index contributed by atoms with van der Waals surface area (Å²) in [7, 11) is 0. The van der Waals surface area contributed by atoms with Crippen LogP contribution < -0.4 is 5.32 Å². The molecule has 0 bridgehead atoms. The van der Waals surface area contributed by atoms with E-state index in [0.29, 0.717) is 0 Å². The van der Waals surface area contributed by atoms with Crippen molar-refractivity contribution < 1.29 is 4.79 Å². The summed E-state index contributed by atoms with van der Waals surface area (Å²) >= 11 is 3.49. The maximum atomic E-state index is 12.2. The van der Waals surface area contributed by atoms with Gasteiger partial charge in [-0.2, -0.15) is 0 Å². The zero-order valence-electron chi connectivity index (χ0n) is 11.7. The SMILES string of the molecule is Cc1ccc(NC(=O)N2CCN(C3CC3)CC2)cc1Br. The minimum Gasteiger partial charge on any atom is -0.322 e. The lowest BCUT2D eigenvalue weighted by Crippen LogP contribution is -2.50. The van der Waals surface area contributed by atoms with Gasteiger partial charge in [-0.15, -0.1) is 0 Å². The normalized spacial score (nSPS) is 20.0. The molecular formula is C15H20BrN3O. The van der Waals surface area contributed by atoms with E-state index in [1.54, 1.807) is 0 Å². The Morgan fingerprint density at radius 2 is 1.95 bits per heavy atom. The first-order chi connectivity index (χ1) is 9.63. The van der Waals surface area contributed by atoms with Gasteiger partial charge in [0, 0.05) is 42.4 Å². The Bertz CT molecular complexity index is 508. The van der Waals surface area contributed by atoms with Gasteiger partial charge in [0.15, 0.2) is 0 Å². The molecule has 1 aromatic rings. The lowest BCUT2D eigenvalue weighted by Gasteiger charge is -2.34. The molecule has 1 saturated heterocycles. The van der Waals surface area contributed by atoms with E-state index in [1.807, 2.05) is 30.0 Å². The number of carbonyl (C=O) groups excluding carboxylic acids is 1. The van der Waals surface area contributed by atoms with Crippen LogP contribution in [0.15, 0.2) is 22.7 Å². The topological polar surface area (TPSA) is 35.6 Å². The van der Waals surface area contributed by atoms with Gasteiger partial charge < -0.3 is 10.2 Å². The summed E-state index contributed by atoms with van der Waals surface area (Å²) in [6, 6.07) is 6.71. The highest BCUT2D eigenvalue weighted by Gasteiger charge is 2.32. The molecule has 0 radical (unpaired) electrons. The zero-order chi connectivity index (χ0) is 14.1. The lowest BCUT2D eigenvalue weighted by molar-refractivity contribution is 0.142. The first-order valence-electron chi connectivity index (χ1n) is 7.19. The third-order valence-corrected chi connectivity index (χ3v) is 4.94. The molecule has 1 aliphatic carbocycles. The Balaban J connectivity index is 1.55. The standard InChI is InChI=1S/C15H20BrN3O/c1-11-2-3-12(10-14(11)16)17-15(20)19-8-6-18(7-9-19)13-4-5-13/h2-3,10,13H,4-9H2,1H3,(H,17,20). The molecule has 3 rings (SSSR count). The number of hydrogen-bond acceptors (Lipinski definition) is 2. The summed E-state index contributed by atoms with van der Waals surface area (Å²) in [6.45, 7) is 5.71. The molecule has 1 heterocycles. The van der Waals surface area contributed by atoms with Crippen molar-refractivity contribution in [3.05, 3.63) is 28.2 Å². The average molecular weight is 338 g/mol. The quantitative estimate of drug-likeness (QED) is 0.900. The van der Waals surface area contributed by atoms with Gasteiger partial charge in [-0.25, -0.2) is 4.79 Å². The molecule has 108 valence electrons. The van der Waals surface area contributed by atoms with Crippen LogP contribution in [0.3, 0.4) is 0 Å². The first-order valence-corrected chi connectivity index (χ1v) is 7.99. The lowest BCUT2D eigenvalue weighted by atomic mass is 10.2. The molecule has 0 atom stereocenters. The van der Waals surface area contributed by atoms with E-state index in [0.717, 1.165) is 42.4 Å². The van der Waals surface area contributed by atoms with Gasteiger partial charge in [0.25, 0.3) is 0 Å². The van der Waals surface area contributed by atoms with E-state index in [-0.39, 0.29) is 6.03 Å². The predicted molar refractivity (Wildman–Crippen MR) is 84.1 cm³/mol. The van der Waals surface area contributed by atoms with Crippen LogP contribution >= 0.6 is 15.9 Å². The van der Waals surface area contributed by atoms with Crippen molar-refractivity contribution in [2.45, 2.75) is 25.8 Å². The van der Waals surface area contributed by atoms with Gasteiger partial charge in [-0.05, 0) is 37.5 Å². The molecule has 2 fully saturated rings. The molecule has 20 heavy (non-hydrogen) atoms. The molecule has 1 aliphatic heterocycles. The molecule has 1 N–H and O–H groups in total. The number of halogens is 1. The second kappa shape index (κ2) is 5.74. The highest BCUT2D eigenvalue weighted by atomic mass is 79.9. The van der Waals surface area contributed by atoms with Gasteiger partial charge >= 0.3 is 6.03 Å². The smallest absolute Gasteiger partial charge is 0.321 e. The minimum atomic E-state index is 0.0104. The fourth-order valence-corrected chi connectivity index (χ4v) is 2.98. The number of anilines is 1. The van der Waals surface area contributed by atoms with E-state index in [1.165, 1.54) is 18.4 Å². The molecule has 4 nitrogen and oxygen atoms in total. The molecular weight excluding hydrogens is 318 g/mol. The van der Waals surface area contributed by atoms with Crippen LogP contribution in [0, 0.1) is 6.92 Å². The number of rotatable bonds is 2. The number of piperazine rings is 1. The van der Waals surface area contributed by atoms with Crippen molar-refractivity contribution in [3.8, 4) is 0 Å². The number of carbonyl (C=O) groups is 1. The maximum absolute atomic E-state index is 12.2. The molecule has 0 spiro atoms. The molecule has 0 unspecified atom stereocenters. The monoisotopic (exact) mass is 337 g/mol. The Labute approximate surface area is 128 Å². The van der Waals surface area contributed by atoms with Gasteiger partial charge in [-0.1, -0.05) is 22.0 Å². The number of hydrogen-bond donors (Lipinski definition) is 1. The molecule has 0 aromatic heterocycles. The van der Waals surface area contributed by atoms with E-state index in [2.05, 4.69) is 26.1 Å². The van der Waals surface area contributed by atoms with Gasteiger partial charge in [0.1, 0.15) is 0 Å². The molecule has 5 heteroatoms. The summed E-state index contributed by atoms with van der Waals surface area (Å²) in [5.74, 6) is 0. The van der Waals surface area contributed by atoms with Crippen molar-refractivity contribution in [1.29, 1.82) is 0 Å². The fourth-order valence-electron chi connectivity index (χ4n) is 2.60. The summed E-state index contributed by atoms with van der Waals surface area (Å²) in [5, 5.41) is 2.98. The Kier molecular flexibility index (Phi) is 3.98. The highest BCUT2D eigenvalue weighted by Crippen LogP contribution is 2.27. The Morgan fingerprint density at radius 1 is 1.25 bits per heavy atom. The number of nitrogens with one attached hydrogen (secondary N) is 1. The van der Waals surface area contributed by atoms with Crippen molar-refractivity contribution in [2.75, 3.05) is 31.5 Å². The van der Waals surface area contributed by atoms with Crippen LogP contribution in [-0.4, -0.2) is 48.1 Å². The van der Waals surface area contributed by atoms with Crippen LogP contribution in [0.25, 0.3) is 0 Å². The van der Waals surface area contributed by atoms with Crippen LogP contribution in [0.1, 0.15) is 18.4 Å². The van der Waals surface area contributed by atoms with Crippen molar-refractivity contribution >= 4 is 27.6 Å². The van der Waals surface area contributed by atoms with Crippen LogP contribution in [0.5, 0.6) is 0 Å². The minimum absolute atomic E-state index is 0.0104. The number of amides is 2. The Morgan fingerprint density at radius 3 is 2.55 bits per heavy atom. The molecule has 1 aromatic carbocycles. The van der Waals surface area contributed by atoms with E-state index in [4.69, 9.17) is 0 Å². The maximum Gasteiger partial charge on any atom is 0.321 e. The highest BCUT2D eigenvalue weighted by molar-refractivity contribution is 9.10. The van der Waals surface area contributed by atoms with Gasteiger partial charge in [-0.3, -0.25) is 4.90 Å². The van der Waals surface area contributed by atoms with Crippen molar-refractivity contribution in [3.63, 3.8) is 0 Å². The van der Waals surface area contributed by atoms with E-state index < -0.39 is 0 Å². The largest absolute Gasteiger partial charge is 0.322 e. The summed E-state index contributed by atoms with van der Waals surface area (Å²) < 4.78 is 1.02. The number of urea groups is 1. The van der Waals surface area contributed by atoms with Crippen LogP contribution in [-0.2, 0) is 0 Å². The average Bonchev–Trinajstić information content (AvgIpc) is 3.28. The first kappa shape index (κ1) is 13.9. The third-order valence-electron chi connectivity index (χ3n) is 4.09. The predicted octanol–water partition coefficient (Wildman–Crippen LogP) is 3.07. The number of benzene rings is 1. The number of nitrogens with zero attached hydrogens (tertiary/aromatic N) is 2. The molecule has 2 aliphatic rings.